The number of aryl methyl sites for hydroxylation is 2. The average molecular weight is 542 g/mol. The van der Waals surface area contributed by atoms with E-state index in [-0.39, 0.29) is 42.4 Å². The number of ether oxygens (including phenoxy) is 1. The number of aliphatic imine (C=N–C) groups is 1. The van der Waals surface area contributed by atoms with Crippen LogP contribution in [0.4, 0.5) is 0 Å². The Hall–Kier alpha value is -0.920. The normalized spacial score (nSPS) is 17.7. The lowest BCUT2D eigenvalue weighted by Gasteiger charge is -2.22. The largest absolute Gasteiger partial charge is 0.377 e. The Morgan fingerprint density at radius 1 is 1.31 bits per heavy atom. The van der Waals surface area contributed by atoms with Crippen LogP contribution < -0.4 is 15.4 Å². The summed E-state index contributed by atoms with van der Waals surface area (Å²) in [7, 11) is -1.45. The lowest BCUT2D eigenvalue weighted by molar-refractivity contribution is 0.0200. The monoisotopic (exact) mass is 542 g/mol. The van der Waals surface area contributed by atoms with Crippen molar-refractivity contribution in [3.8, 4) is 0 Å². The number of hydrogen-bond acceptors (Lipinski definition) is 5. The van der Waals surface area contributed by atoms with Gasteiger partial charge in [-0.15, -0.1) is 24.0 Å². The molecule has 2 rings (SSSR count). The summed E-state index contributed by atoms with van der Waals surface area (Å²) >= 11 is 0. The zero-order valence-electron chi connectivity index (χ0n) is 17.8. The van der Waals surface area contributed by atoms with Gasteiger partial charge in [0.15, 0.2) is 5.96 Å². The van der Waals surface area contributed by atoms with Crippen molar-refractivity contribution in [1.82, 2.24) is 25.1 Å². The second-order valence-corrected chi connectivity index (χ2v) is 8.98. The molecule has 1 fully saturated rings. The molecule has 1 aliphatic rings. The third-order valence-electron chi connectivity index (χ3n) is 4.87. The van der Waals surface area contributed by atoms with Crippen molar-refractivity contribution >= 4 is 40.0 Å². The molecule has 2 heterocycles. The second kappa shape index (κ2) is 12.7. The highest BCUT2D eigenvalue weighted by atomic mass is 127. The van der Waals surface area contributed by atoms with Gasteiger partial charge in [-0.1, -0.05) is 0 Å². The van der Waals surface area contributed by atoms with E-state index in [9.17, 15) is 8.42 Å². The molecule has 0 radical (unpaired) electrons. The van der Waals surface area contributed by atoms with Gasteiger partial charge in [0.2, 0.25) is 10.0 Å². The number of halogens is 1. The van der Waals surface area contributed by atoms with Crippen LogP contribution in [-0.4, -0.2) is 62.3 Å². The zero-order valence-corrected chi connectivity index (χ0v) is 21.0. The Bertz CT molecular complexity index is 760. The highest BCUT2D eigenvalue weighted by molar-refractivity contribution is 14.0. The van der Waals surface area contributed by atoms with Crippen molar-refractivity contribution in [3.05, 3.63) is 17.0 Å². The smallest absolute Gasteiger partial charge is 0.213 e. The summed E-state index contributed by atoms with van der Waals surface area (Å²) in [4.78, 5) is 4.56. The van der Waals surface area contributed by atoms with Crippen LogP contribution in [0.3, 0.4) is 0 Å². The van der Waals surface area contributed by atoms with Gasteiger partial charge in [0.05, 0.1) is 24.1 Å². The zero-order chi connectivity index (χ0) is 20.6. The maximum Gasteiger partial charge on any atom is 0.213 e. The van der Waals surface area contributed by atoms with E-state index in [1.165, 1.54) is 0 Å². The topological polar surface area (TPSA) is 110 Å². The molecule has 1 atom stereocenters. The quantitative estimate of drug-likeness (QED) is 0.246. The molecule has 11 heteroatoms. The summed E-state index contributed by atoms with van der Waals surface area (Å²) in [6.45, 7) is 8.47. The highest BCUT2D eigenvalue weighted by Crippen LogP contribution is 2.13. The summed E-state index contributed by atoms with van der Waals surface area (Å²) in [6.07, 6.45) is 3.04. The number of sulfonamides is 1. The number of aromatic nitrogens is 2. The first-order valence-corrected chi connectivity index (χ1v) is 11.6. The third kappa shape index (κ3) is 8.77. The predicted molar refractivity (Wildman–Crippen MR) is 126 cm³/mol. The molecule has 9 nitrogen and oxygen atoms in total. The van der Waals surface area contributed by atoms with E-state index in [0.717, 1.165) is 36.2 Å². The molecule has 0 spiro atoms. The SMILES string of the molecule is CCNC(=NCc1c(C)nn(C)c1C)NCCS(=O)(=O)NCC1CCCCO1.I. The number of rotatable bonds is 9. The molecule has 3 N–H and O–H groups in total. The predicted octanol–water partition coefficient (Wildman–Crippen LogP) is 1.20. The van der Waals surface area contributed by atoms with E-state index in [1.54, 1.807) is 0 Å². The Balaban J connectivity index is 0.00000420. The summed E-state index contributed by atoms with van der Waals surface area (Å²) < 4.78 is 34.5. The fourth-order valence-electron chi connectivity index (χ4n) is 3.11. The van der Waals surface area contributed by atoms with E-state index in [2.05, 4.69) is 25.4 Å². The molecule has 168 valence electrons. The molecule has 1 aromatic heterocycles. The van der Waals surface area contributed by atoms with Gasteiger partial charge in [-0.3, -0.25) is 4.68 Å². The molecule has 0 bridgehead atoms. The fourth-order valence-corrected chi connectivity index (χ4v) is 4.07. The summed E-state index contributed by atoms with van der Waals surface area (Å²) in [5.74, 6) is 0.575. The summed E-state index contributed by atoms with van der Waals surface area (Å²) in [5.41, 5.74) is 3.12. The van der Waals surface area contributed by atoms with E-state index >= 15 is 0 Å². The number of nitrogens with one attached hydrogen (secondary N) is 3. The van der Waals surface area contributed by atoms with Gasteiger partial charge in [0, 0.05) is 44.5 Å². The van der Waals surface area contributed by atoms with Gasteiger partial charge in [0.25, 0.3) is 0 Å². The molecule has 0 saturated carbocycles. The van der Waals surface area contributed by atoms with Crippen molar-refractivity contribution in [2.24, 2.45) is 12.0 Å². The third-order valence-corrected chi connectivity index (χ3v) is 6.21. The second-order valence-electron chi connectivity index (χ2n) is 7.05. The van der Waals surface area contributed by atoms with Crippen molar-refractivity contribution < 1.29 is 13.2 Å². The minimum Gasteiger partial charge on any atom is -0.377 e. The van der Waals surface area contributed by atoms with Gasteiger partial charge in [-0.2, -0.15) is 5.10 Å². The first kappa shape index (κ1) is 26.1. The molecule has 1 saturated heterocycles. The van der Waals surface area contributed by atoms with E-state index < -0.39 is 10.0 Å². The van der Waals surface area contributed by atoms with Gasteiger partial charge in [0.1, 0.15) is 0 Å². The van der Waals surface area contributed by atoms with Gasteiger partial charge >= 0.3 is 0 Å². The molecule has 29 heavy (non-hydrogen) atoms. The summed E-state index contributed by atoms with van der Waals surface area (Å²) in [5, 5.41) is 10.6. The maximum absolute atomic E-state index is 12.2. The van der Waals surface area contributed by atoms with Gasteiger partial charge in [-0.25, -0.2) is 18.1 Å². The lowest BCUT2D eigenvalue weighted by atomic mass is 10.1. The molecule has 1 aromatic rings. The number of hydrogen-bond donors (Lipinski definition) is 3. The van der Waals surface area contributed by atoms with Crippen LogP contribution in [-0.2, 0) is 28.4 Å². The summed E-state index contributed by atoms with van der Waals surface area (Å²) in [6, 6.07) is 0. The van der Waals surface area contributed by atoms with Gasteiger partial charge < -0.3 is 15.4 Å². The van der Waals surface area contributed by atoms with Crippen molar-refractivity contribution in [1.29, 1.82) is 0 Å². The van der Waals surface area contributed by atoms with Gasteiger partial charge in [-0.05, 0) is 40.0 Å². The Kier molecular flexibility index (Phi) is 11.4. The molecule has 0 aliphatic carbocycles. The Labute approximate surface area is 191 Å². The number of nitrogens with zero attached hydrogens (tertiary/aromatic N) is 3. The average Bonchev–Trinajstić information content (AvgIpc) is 2.90. The molecule has 0 aromatic carbocycles. The van der Waals surface area contributed by atoms with Crippen molar-refractivity contribution in [2.75, 3.05) is 32.0 Å². The van der Waals surface area contributed by atoms with Crippen LogP contribution in [0.5, 0.6) is 0 Å². The Morgan fingerprint density at radius 2 is 2.07 bits per heavy atom. The van der Waals surface area contributed by atoms with Crippen LogP contribution in [0, 0.1) is 13.8 Å². The first-order chi connectivity index (χ1) is 13.3. The highest BCUT2D eigenvalue weighted by Gasteiger charge is 2.17. The number of guanidine groups is 1. The van der Waals surface area contributed by atoms with Crippen molar-refractivity contribution in [3.63, 3.8) is 0 Å². The van der Waals surface area contributed by atoms with Crippen LogP contribution in [0.15, 0.2) is 4.99 Å². The standard InChI is InChI=1S/C18H34N6O3S.HI/c1-5-19-18(21-13-17-14(2)23-24(4)15(17)3)20-9-11-28(25,26)22-12-16-8-6-7-10-27-16;/h16,22H,5-13H2,1-4H3,(H2,19,20,21);1H. The maximum atomic E-state index is 12.2. The molecular weight excluding hydrogens is 507 g/mol. The van der Waals surface area contributed by atoms with Crippen molar-refractivity contribution in [2.45, 2.75) is 52.7 Å². The Morgan fingerprint density at radius 3 is 2.66 bits per heavy atom. The first-order valence-electron chi connectivity index (χ1n) is 9.92. The van der Waals surface area contributed by atoms with E-state index in [4.69, 9.17) is 4.74 Å². The molecule has 0 amide bonds. The van der Waals surface area contributed by atoms with E-state index in [0.29, 0.717) is 32.2 Å². The van der Waals surface area contributed by atoms with E-state index in [1.807, 2.05) is 32.5 Å². The van der Waals surface area contributed by atoms with Crippen LogP contribution in [0.25, 0.3) is 0 Å². The minimum atomic E-state index is -3.36. The molecule has 1 unspecified atom stereocenters. The van der Waals surface area contributed by atoms with Crippen LogP contribution >= 0.6 is 24.0 Å². The minimum absolute atomic E-state index is 0. The van der Waals surface area contributed by atoms with Crippen LogP contribution in [0.1, 0.15) is 43.1 Å². The fraction of sp³-hybridized carbons (Fsp3) is 0.778. The van der Waals surface area contributed by atoms with Crippen LogP contribution in [0.2, 0.25) is 0 Å². The lowest BCUT2D eigenvalue weighted by Crippen LogP contribution is -2.42. The molecular formula is C18H35IN6O3S. The molecule has 1 aliphatic heterocycles.